The molecule has 1 aromatic heterocycles. The van der Waals surface area contributed by atoms with E-state index < -0.39 is 0 Å². The lowest BCUT2D eigenvalue weighted by molar-refractivity contribution is -0.146. The van der Waals surface area contributed by atoms with Crippen LogP contribution in [0.25, 0.3) is 0 Å². The van der Waals surface area contributed by atoms with Crippen LogP contribution in [-0.2, 0) is 22.6 Å². The van der Waals surface area contributed by atoms with Gasteiger partial charge in [-0.3, -0.25) is 4.79 Å². The summed E-state index contributed by atoms with van der Waals surface area (Å²) in [5, 5.41) is 0. The number of carbonyl (C=O) groups is 1. The van der Waals surface area contributed by atoms with E-state index in [1.807, 2.05) is 42.7 Å². The normalized spacial score (nSPS) is 13.1. The molecule has 0 spiro atoms. The third-order valence-corrected chi connectivity index (χ3v) is 6.35. The van der Waals surface area contributed by atoms with Crippen LogP contribution < -0.4 is 0 Å². The van der Waals surface area contributed by atoms with Gasteiger partial charge in [0.25, 0.3) is 0 Å². The van der Waals surface area contributed by atoms with Gasteiger partial charge in [0, 0.05) is 24.7 Å². The van der Waals surface area contributed by atoms with Gasteiger partial charge in [-0.15, -0.1) is 0 Å². The Bertz CT molecular complexity index is 774. The predicted octanol–water partition coefficient (Wildman–Crippen LogP) is 7.67. The maximum atomic E-state index is 12.5. The average Bonchev–Trinajstić information content (AvgIpc) is 2.81. The molecular weight excluding hydrogens is 408 g/mol. The van der Waals surface area contributed by atoms with E-state index in [4.69, 9.17) is 14.7 Å². The van der Waals surface area contributed by atoms with Crippen LogP contribution in [0.3, 0.4) is 0 Å². The minimum Gasteiger partial charge on any atom is -0.461 e. The molecule has 0 aliphatic carbocycles. The van der Waals surface area contributed by atoms with E-state index in [-0.39, 0.29) is 17.8 Å². The number of rotatable bonds is 16. The first-order chi connectivity index (χ1) is 16.0. The summed E-state index contributed by atoms with van der Waals surface area (Å²) in [6, 6.07) is 9.83. The Labute approximate surface area is 201 Å². The second-order valence-electron chi connectivity index (χ2n) is 9.87. The fraction of sp³-hybridized carbons (Fsp3) is 0.621. The highest BCUT2D eigenvalue weighted by atomic mass is 16.5. The van der Waals surface area contributed by atoms with Gasteiger partial charge in [0.2, 0.25) is 0 Å². The topological polar surface area (TPSA) is 52.1 Å². The summed E-state index contributed by atoms with van der Waals surface area (Å²) in [5.74, 6) is 1.62. The van der Waals surface area contributed by atoms with E-state index in [9.17, 15) is 4.79 Å². The maximum absolute atomic E-state index is 12.5. The lowest BCUT2D eigenvalue weighted by Crippen LogP contribution is -2.19. The van der Waals surface area contributed by atoms with Crippen LogP contribution >= 0.6 is 0 Å². The van der Waals surface area contributed by atoms with Crippen molar-refractivity contribution in [1.82, 2.24) is 9.97 Å². The van der Waals surface area contributed by atoms with E-state index in [0.29, 0.717) is 18.9 Å². The molecule has 0 amide bonds. The van der Waals surface area contributed by atoms with E-state index in [0.717, 1.165) is 30.7 Å². The van der Waals surface area contributed by atoms with Crippen LogP contribution in [0.4, 0.5) is 0 Å². The van der Waals surface area contributed by atoms with E-state index in [1.165, 1.54) is 44.1 Å². The lowest BCUT2D eigenvalue weighted by atomic mass is 9.85. The van der Waals surface area contributed by atoms with Crippen LogP contribution in [0.1, 0.15) is 108 Å². The first kappa shape index (κ1) is 27.0. The number of benzene rings is 1. The highest BCUT2D eigenvalue weighted by molar-refractivity contribution is 5.69. The molecule has 4 nitrogen and oxygen atoms in total. The standard InChI is InChI=1S/C29H44N2O2/c1-5-6-7-8-9-11-16-26-20-30-29(31-21-26)27(18-17-23(2)3)24(4)19-28(32)33-22-25-14-12-10-13-15-25/h10,12-15,20-21,23-24,27H,5-9,11,16-19,22H2,1-4H3/t24-,27-/m0/s1. The SMILES string of the molecule is CCCCCCCCc1cnc([C@@H](CCC(C)C)[C@@H](C)CC(=O)OCc2ccccc2)nc1. The van der Waals surface area contributed by atoms with Gasteiger partial charge in [-0.1, -0.05) is 96.6 Å². The van der Waals surface area contributed by atoms with Crippen LogP contribution in [-0.4, -0.2) is 15.9 Å². The molecule has 33 heavy (non-hydrogen) atoms. The van der Waals surface area contributed by atoms with Crippen molar-refractivity contribution in [2.45, 2.75) is 104 Å². The zero-order valence-corrected chi connectivity index (χ0v) is 21.3. The molecule has 0 N–H and O–H groups in total. The minimum absolute atomic E-state index is 0.136. The number of aromatic nitrogens is 2. The zero-order chi connectivity index (χ0) is 23.9. The number of nitrogens with zero attached hydrogens (tertiary/aromatic N) is 2. The molecule has 2 aromatic rings. The molecule has 0 unspecified atom stereocenters. The Morgan fingerprint density at radius 1 is 0.879 bits per heavy atom. The van der Waals surface area contributed by atoms with E-state index in [1.54, 1.807) is 0 Å². The van der Waals surface area contributed by atoms with Gasteiger partial charge < -0.3 is 4.74 Å². The number of hydrogen-bond donors (Lipinski definition) is 0. The summed E-state index contributed by atoms with van der Waals surface area (Å²) in [5.41, 5.74) is 2.23. The zero-order valence-electron chi connectivity index (χ0n) is 21.3. The Hall–Kier alpha value is -2.23. The third kappa shape index (κ3) is 11.0. The molecular formula is C29H44N2O2. The quantitative estimate of drug-likeness (QED) is 0.194. The molecule has 182 valence electrons. The van der Waals surface area contributed by atoms with Crippen molar-refractivity contribution >= 4 is 5.97 Å². The number of ether oxygens (including phenoxy) is 1. The molecule has 0 fully saturated rings. The molecule has 0 saturated heterocycles. The summed E-state index contributed by atoms with van der Waals surface area (Å²) >= 11 is 0. The number of hydrogen-bond acceptors (Lipinski definition) is 4. The average molecular weight is 453 g/mol. The number of aryl methyl sites for hydroxylation is 1. The van der Waals surface area contributed by atoms with Crippen molar-refractivity contribution < 1.29 is 9.53 Å². The summed E-state index contributed by atoms with van der Waals surface area (Å²) in [7, 11) is 0. The summed E-state index contributed by atoms with van der Waals surface area (Å²) < 4.78 is 5.53. The van der Waals surface area contributed by atoms with Crippen LogP contribution in [0.5, 0.6) is 0 Å². The fourth-order valence-electron chi connectivity index (χ4n) is 4.18. The van der Waals surface area contributed by atoms with Crippen molar-refractivity contribution in [2.75, 3.05) is 0 Å². The number of unbranched alkanes of at least 4 members (excludes halogenated alkanes) is 5. The maximum Gasteiger partial charge on any atom is 0.306 e. The largest absolute Gasteiger partial charge is 0.461 e. The molecule has 0 aliphatic heterocycles. The van der Waals surface area contributed by atoms with E-state index in [2.05, 4.69) is 27.7 Å². The number of esters is 1. The molecule has 0 saturated carbocycles. The van der Waals surface area contributed by atoms with Gasteiger partial charge in [0.1, 0.15) is 12.4 Å². The third-order valence-electron chi connectivity index (χ3n) is 6.35. The monoisotopic (exact) mass is 452 g/mol. The van der Waals surface area contributed by atoms with Crippen LogP contribution in [0.15, 0.2) is 42.7 Å². The first-order valence-corrected chi connectivity index (χ1v) is 13.0. The highest BCUT2D eigenvalue weighted by Crippen LogP contribution is 2.31. The van der Waals surface area contributed by atoms with Gasteiger partial charge in [-0.05, 0) is 42.2 Å². The molecule has 2 atom stereocenters. The second-order valence-corrected chi connectivity index (χ2v) is 9.87. The van der Waals surface area contributed by atoms with Gasteiger partial charge in [0.15, 0.2) is 0 Å². The van der Waals surface area contributed by atoms with Crippen LogP contribution in [0, 0.1) is 11.8 Å². The van der Waals surface area contributed by atoms with Gasteiger partial charge in [-0.2, -0.15) is 0 Å². The summed E-state index contributed by atoms with van der Waals surface area (Å²) in [6.45, 7) is 9.18. The lowest BCUT2D eigenvalue weighted by Gasteiger charge is -2.23. The van der Waals surface area contributed by atoms with Crippen molar-refractivity contribution in [3.8, 4) is 0 Å². The Balaban J connectivity index is 1.90. The highest BCUT2D eigenvalue weighted by Gasteiger charge is 2.25. The Kier molecular flexibility index (Phi) is 12.8. The van der Waals surface area contributed by atoms with Gasteiger partial charge in [0.05, 0.1) is 0 Å². The fourth-order valence-corrected chi connectivity index (χ4v) is 4.18. The van der Waals surface area contributed by atoms with Crippen LogP contribution in [0.2, 0.25) is 0 Å². The van der Waals surface area contributed by atoms with Crippen molar-refractivity contribution in [1.29, 1.82) is 0 Å². The molecule has 0 radical (unpaired) electrons. The molecule has 1 aromatic carbocycles. The van der Waals surface area contributed by atoms with Gasteiger partial charge in [-0.25, -0.2) is 9.97 Å². The smallest absolute Gasteiger partial charge is 0.306 e. The minimum atomic E-state index is -0.152. The van der Waals surface area contributed by atoms with Crippen molar-refractivity contribution in [3.63, 3.8) is 0 Å². The van der Waals surface area contributed by atoms with Crippen molar-refractivity contribution in [2.24, 2.45) is 11.8 Å². The molecule has 4 heteroatoms. The molecule has 0 bridgehead atoms. The molecule has 1 heterocycles. The molecule has 2 rings (SSSR count). The Morgan fingerprint density at radius 2 is 1.55 bits per heavy atom. The Morgan fingerprint density at radius 3 is 2.21 bits per heavy atom. The summed E-state index contributed by atoms with van der Waals surface area (Å²) in [6.07, 6.45) is 15.3. The van der Waals surface area contributed by atoms with Crippen molar-refractivity contribution in [3.05, 3.63) is 59.7 Å². The first-order valence-electron chi connectivity index (χ1n) is 13.0. The second kappa shape index (κ2) is 15.6. The van der Waals surface area contributed by atoms with Gasteiger partial charge >= 0.3 is 5.97 Å². The molecule has 0 aliphatic rings. The summed E-state index contributed by atoms with van der Waals surface area (Å²) in [4.78, 5) is 22.0. The predicted molar refractivity (Wildman–Crippen MR) is 136 cm³/mol. The van der Waals surface area contributed by atoms with E-state index >= 15 is 0 Å². The number of carbonyl (C=O) groups excluding carboxylic acids is 1.